The van der Waals surface area contributed by atoms with Gasteiger partial charge in [-0.05, 0) is 56.4 Å². The molecule has 29 heavy (non-hydrogen) atoms. The van der Waals surface area contributed by atoms with Crippen molar-refractivity contribution in [2.75, 3.05) is 0 Å². The zero-order valence-electron chi connectivity index (χ0n) is 16.8. The monoisotopic (exact) mass is 387 g/mol. The van der Waals surface area contributed by atoms with Crippen molar-refractivity contribution < 1.29 is 9.59 Å². The van der Waals surface area contributed by atoms with Gasteiger partial charge >= 0.3 is 0 Å². The molecular formula is C24H25N3O2. The number of nitrogens with zero attached hydrogens (tertiary/aromatic N) is 2. The zero-order chi connectivity index (χ0) is 20.4. The second-order valence-electron chi connectivity index (χ2n) is 8.24. The summed E-state index contributed by atoms with van der Waals surface area (Å²) < 4.78 is 0. The molecule has 1 amide bonds. The fourth-order valence-electron chi connectivity index (χ4n) is 3.97. The van der Waals surface area contributed by atoms with Gasteiger partial charge in [0.1, 0.15) is 5.78 Å². The Kier molecular flexibility index (Phi) is 5.14. The van der Waals surface area contributed by atoms with E-state index in [1.54, 1.807) is 0 Å². The molecule has 0 bridgehead atoms. The summed E-state index contributed by atoms with van der Waals surface area (Å²) >= 11 is 0. The fraction of sp³-hybridized carbons (Fsp3) is 0.333. The van der Waals surface area contributed by atoms with E-state index in [2.05, 4.69) is 22.7 Å². The molecule has 1 fully saturated rings. The third-order valence-electron chi connectivity index (χ3n) is 5.77. The summed E-state index contributed by atoms with van der Waals surface area (Å²) in [7, 11) is 0. The standard InChI is InChI=1S/C24H25N3O2/c1-24(2)22(26-27-23(24)29)17-11-13-18(14-12-17)25-20-9-6-10-21(28)19(20)15-16-7-4-3-5-8-16/h3-5,7-8,11-14,19H,6,9-10,15H2,1-2H3,(H,27,29). The van der Waals surface area contributed by atoms with Gasteiger partial charge in [0, 0.05) is 12.1 Å². The SMILES string of the molecule is CC1(C)C(=O)NN=C1c1ccc(N=C2CCCC(=O)C2Cc2ccccc2)cc1. The lowest BCUT2D eigenvalue weighted by Gasteiger charge is -2.23. The van der Waals surface area contributed by atoms with Crippen molar-refractivity contribution in [2.24, 2.45) is 21.4 Å². The number of hydrazone groups is 1. The van der Waals surface area contributed by atoms with Crippen LogP contribution in [-0.2, 0) is 16.0 Å². The Labute approximate surface area is 170 Å². The molecule has 1 aliphatic heterocycles. The van der Waals surface area contributed by atoms with Crippen LogP contribution in [0.4, 0.5) is 5.69 Å². The van der Waals surface area contributed by atoms with E-state index in [4.69, 9.17) is 4.99 Å². The average molecular weight is 387 g/mol. The number of aliphatic imine (C=N–C) groups is 1. The Bertz CT molecular complexity index is 989. The van der Waals surface area contributed by atoms with E-state index in [0.717, 1.165) is 41.1 Å². The van der Waals surface area contributed by atoms with E-state index in [1.807, 2.05) is 56.3 Å². The molecule has 2 aliphatic rings. The van der Waals surface area contributed by atoms with Crippen LogP contribution in [0.3, 0.4) is 0 Å². The Morgan fingerprint density at radius 2 is 1.76 bits per heavy atom. The number of amides is 1. The summed E-state index contributed by atoms with van der Waals surface area (Å²) in [5.41, 5.74) is 6.49. The van der Waals surface area contributed by atoms with Crippen LogP contribution in [0.15, 0.2) is 64.7 Å². The van der Waals surface area contributed by atoms with Crippen molar-refractivity contribution >= 4 is 28.8 Å². The first-order valence-electron chi connectivity index (χ1n) is 10.1. The van der Waals surface area contributed by atoms with Gasteiger partial charge in [-0.3, -0.25) is 14.6 Å². The molecule has 1 N–H and O–H groups in total. The lowest BCUT2D eigenvalue weighted by molar-refractivity contribution is -0.125. The Balaban J connectivity index is 1.57. The Morgan fingerprint density at radius 3 is 2.41 bits per heavy atom. The van der Waals surface area contributed by atoms with Gasteiger partial charge in [-0.2, -0.15) is 5.10 Å². The molecule has 2 aromatic rings. The first kappa shape index (κ1) is 19.2. The van der Waals surface area contributed by atoms with Crippen molar-refractivity contribution in [3.05, 3.63) is 65.7 Å². The molecule has 5 nitrogen and oxygen atoms in total. The summed E-state index contributed by atoms with van der Waals surface area (Å²) in [6.07, 6.45) is 3.05. The van der Waals surface area contributed by atoms with Crippen LogP contribution in [-0.4, -0.2) is 23.1 Å². The molecule has 5 heteroatoms. The maximum Gasteiger partial charge on any atom is 0.251 e. The number of Topliss-reactive ketones (excluding diaryl/α,β-unsaturated/α-hetero) is 1. The maximum absolute atomic E-state index is 12.6. The highest BCUT2D eigenvalue weighted by Crippen LogP contribution is 2.29. The molecule has 148 valence electrons. The molecule has 0 radical (unpaired) electrons. The molecule has 2 aromatic carbocycles. The smallest absolute Gasteiger partial charge is 0.251 e. The lowest BCUT2D eigenvalue weighted by Crippen LogP contribution is -2.32. The van der Waals surface area contributed by atoms with Gasteiger partial charge in [0.2, 0.25) is 0 Å². The highest BCUT2D eigenvalue weighted by Gasteiger charge is 2.39. The number of nitrogens with one attached hydrogen (secondary N) is 1. The minimum Gasteiger partial charge on any atom is -0.299 e. The number of hydrogen-bond acceptors (Lipinski definition) is 4. The van der Waals surface area contributed by atoms with Crippen molar-refractivity contribution in [3.8, 4) is 0 Å². The van der Waals surface area contributed by atoms with Gasteiger partial charge < -0.3 is 0 Å². The topological polar surface area (TPSA) is 70.9 Å². The van der Waals surface area contributed by atoms with Crippen LogP contribution in [0.2, 0.25) is 0 Å². The van der Waals surface area contributed by atoms with Crippen LogP contribution >= 0.6 is 0 Å². The van der Waals surface area contributed by atoms with Crippen molar-refractivity contribution in [2.45, 2.75) is 39.5 Å². The predicted octanol–water partition coefficient (Wildman–Crippen LogP) is 4.23. The summed E-state index contributed by atoms with van der Waals surface area (Å²) in [6.45, 7) is 3.73. The highest BCUT2D eigenvalue weighted by molar-refractivity contribution is 6.19. The average Bonchev–Trinajstić information content (AvgIpc) is 2.99. The van der Waals surface area contributed by atoms with Crippen LogP contribution < -0.4 is 5.43 Å². The minimum absolute atomic E-state index is 0.0960. The number of rotatable bonds is 4. The van der Waals surface area contributed by atoms with Gasteiger partial charge in [-0.15, -0.1) is 0 Å². The molecular weight excluding hydrogens is 362 g/mol. The molecule has 0 spiro atoms. The molecule has 0 saturated heterocycles. The number of hydrogen-bond donors (Lipinski definition) is 1. The number of carbonyl (C=O) groups excluding carboxylic acids is 2. The highest BCUT2D eigenvalue weighted by atomic mass is 16.2. The second-order valence-corrected chi connectivity index (χ2v) is 8.24. The normalized spacial score (nSPS) is 22.5. The fourth-order valence-corrected chi connectivity index (χ4v) is 3.97. The van der Waals surface area contributed by atoms with E-state index >= 15 is 0 Å². The van der Waals surface area contributed by atoms with Gasteiger partial charge in [0.05, 0.1) is 22.7 Å². The van der Waals surface area contributed by atoms with E-state index in [1.165, 1.54) is 0 Å². The van der Waals surface area contributed by atoms with E-state index in [0.29, 0.717) is 12.8 Å². The summed E-state index contributed by atoms with van der Waals surface area (Å²) in [4.78, 5) is 29.4. The van der Waals surface area contributed by atoms with Crippen LogP contribution in [0, 0.1) is 11.3 Å². The quantitative estimate of drug-likeness (QED) is 0.853. The summed E-state index contributed by atoms with van der Waals surface area (Å²) in [6, 6.07) is 17.9. The van der Waals surface area contributed by atoms with Gasteiger partial charge in [-0.1, -0.05) is 42.5 Å². The van der Waals surface area contributed by atoms with Crippen LogP contribution in [0.5, 0.6) is 0 Å². The first-order chi connectivity index (χ1) is 13.9. The zero-order valence-corrected chi connectivity index (χ0v) is 16.8. The van der Waals surface area contributed by atoms with E-state index in [-0.39, 0.29) is 17.6 Å². The van der Waals surface area contributed by atoms with Gasteiger partial charge in [-0.25, -0.2) is 5.43 Å². The Morgan fingerprint density at radius 1 is 1.03 bits per heavy atom. The first-order valence-corrected chi connectivity index (χ1v) is 10.1. The molecule has 1 unspecified atom stereocenters. The third-order valence-corrected chi connectivity index (χ3v) is 5.77. The molecule has 1 saturated carbocycles. The number of carbonyl (C=O) groups is 2. The number of ketones is 1. The van der Waals surface area contributed by atoms with E-state index in [9.17, 15) is 9.59 Å². The van der Waals surface area contributed by atoms with E-state index < -0.39 is 5.41 Å². The molecule has 0 aromatic heterocycles. The Hall–Kier alpha value is -3.08. The van der Waals surface area contributed by atoms with Crippen molar-refractivity contribution in [1.29, 1.82) is 0 Å². The van der Waals surface area contributed by atoms with Crippen LogP contribution in [0.1, 0.15) is 44.2 Å². The molecule has 4 rings (SSSR count). The van der Waals surface area contributed by atoms with Crippen molar-refractivity contribution in [3.63, 3.8) is 0 Å². The predicted molar refractivity (Wildman–Crippen MR) is 114 cm³/mol. The molecule has 1 heterocycles. The summed E-state index contributed by atoms with van der Waals surface area (Å²) in [5, 5.41) is 4.19. The van der Waals surface area contributed by atoms with Gasteiger partial charge in [0.25, 0.3) is 5.91 Å². The maximum atomic E-state index is 12.6. The lowest BCUT2D eigenvalue weighted by atomic mass is 9.82. The van der Waals surface area contributed by atoms with Crippen molar-refractivity contribution in [1.82, 2.24) is 5.43 Å². The second kappa shape index (κ2) is 7.74. The molecule has 1 aliphatic carbocycles. The number of benzene rings is 2. The largest absolute Gasteiger partial charge is 0.299 e. The summed E-state index contributed by atoms with van der Waals surface area (Å²) in [5.74, 6) is 0.0363. The van der Waals surface area contributed by atoms with Crippen LogP contribution in [0.25, 0.3) is 0 Å². The third kappa shape index (κ3) is 3.90. The molecule has 1 atom stereocenters. The minimum atomic E-state index is -0.649. The van der Waals surface area contributed by atoms with Gasteiger partial charge in [0.15, 0.2) is 0 Å².